The molecule has 3 nitrogen and oxygen atoms in total. The first-order chi connectivity index (χ1) is 5.90. The molecule has 0 amide bonds. The van der Waals surface area contributed by atoms with Gasteiger partial charge in [0, 0.05) is 17.3 Å². The Bertz CT molecular complexity index is 352. The summed E-state index contributed by atoms with van der Waals surface area (Å²) in [6.45, 7) is 0.501. The Morgan fingerprint density at radius 3 is 2.92 bits per heavy atom. The fraction of sp³-hybridized carbons (Fsp3) is 0.143. The normalized spacial score (nSPS) is 10.4. The number of nitrogens with zero attached hydrogens (tertiary/aromatic N) is 2. The van der Waals surface area contributed by atoms with Crippen molar-refractivity contribution < 1.29 is 0 Å². The molecule has 0 aromatic carbocycles. The highest BCUT2D eigenvalue weighted by Gasteiger charge is 2.04. The van der Waals surface area contributed by atoms with E-state index in [0.29, 0.717) is 6.54 Å². The fourth-order valence-electron chi connectivity index (χ4n) is 0.837. The molecule has 0 spiro atoms. The van der Waals surface area contributed by atoms with Gasteiger partial charge in [0.2, 0.25) is 0 Å². The van der Waals surface area contributed by atoms with E-state index in [1.807, 2.05) is 10.8 Å². The van der Waals surface area contributed by atoms with Crippen molar-refractivity contribution in [2.24, 2.45) is 5.73 Å². The number of hydrogen-bond donors (Lipinski definition) is 1. The van der Waals surface area contributed by atoms with Gasteiger partial charge < -0.3 is 5.73 Å². The minimum atomic E-state index is 0.501. The molecule has 0 bridgehead atoms. The Hall–Kier alpha value is -0.780. The third-order valence-corrected chi connectivity index (χ3v) is 2.91. The zero-order valence-corrected chi connectivity index (χ0v) is 7.86. The highest BCUT2D eigenvalue weighted by atomic mass is 32.1. The van der Waals surface area contributed by atoms with Crippen LogP contribution >= 0.6 is 22.7 Å². The molecule has 0 aliphatic carbocycles. The molecule has 2 N–H and O–H groups in total. The summed E-state index contributed by atoms with van der Waals surface area (Å²) >= 11 is 3.16. The zero-order valence-electron chi connectivity index (χ0n) is 6.23. The molecule has 0 aliphatic heterocycles. The first-order valence-electron chi connectivity index (χ1n) is 3.43. The van der Waals surface area contributed by atoms with Crippen LogP contribution in [0.25, 0.3) is 10.7 Å². The zero-order chi connectivity index (χ0) is 8.39. The number of nitrogens with two attached hydrogens (primary N) is 1. The molecule has 2 aromatic heterocycles. The second-order valence-corrected chi connectivity index (χ2v) is 3.80. The molecule has 12 heavy (non-hydrogen) atoms. The maximum Gasteiger partial charge on any atom is 0.143 e. The second-order valence-electron chi connectivity index (χ2n) is 2.22. The molecular weight excluding hydrogens is 190 g/mol. The second kappa shape index (κ2) is 3.30. The first kappa shape index (κ1) is 7.85. The van der Waals surface area contributed by atoms with Crippen molar-refractivity contribution in [3.8, 4) is 10.7 Å². The molecule has 0 atom stereocenters. The summed E-state index contributed by atoms with van der Waals surface area (Å²) in [6.07, 6.45) is 0. The lowest BCUT2D eigenvalue weighted by molar-refractivity contribution is 1.01. The van der Waals surface area contributed by atoms with Crippen LogP contribution in [0.3, 0.4) is 0 Å². The molecule has 0 saturated carbocycles. The topological polar surface area (TPSA) is 51.8 Å². The molecule has 2 heterocycles. The van der Waals surface area contributed by atoms with Gasteiger partial charge in [0.05, 0.1) is 11.2 Å². The van der Waals surface area contributed by atoms with Crippen LogP contribution < -0.4 is 5.73 Å². The van der Waals surface area contributed by atoms with Crippen molar-refractivity contribution in [1.29, 1.82) is 0 Å². The third-order valence-electron chi connectivity index (χ3n) is 1.41. The van der Waals surface area contributed by atoms with Crippen LogP contribution in [0, 0.1) is 0 Å². The maximum absolute atomic E-state index is 5.44. The molecule has 0 radical (unpaired) electrons. The Labute approximate surface area is 77.9 Å². The quantitative estimate of drug-likeness (QED) is 0.797. The van der Waals surface area contributed by atoms with Gasteiger partial charge in [-0.15, -0.1) is 22.7 Å². The molecule has 62 valence electrons. The van der Waals surface area contributed by atoms with Gasteiger partial charge in [-0.3, -0.25) is 0 Å². The largest absolute Gasteiger partial charge is 0.325 e. The van der Waals surface area contributed by atoms with Gasteiger partial charge in [0.1, 0.15) is 10.7 Å². The van der Waals surface area contributed by atoms with Gasteiger partial charge in [0.15, 0.2) is 0 Å². The molecule has 0 aliphatic rings. The monoisotopic (exact) mass is 197 g/mol. The Kier molecular flexibility index (Phi) is 2.16. The van der Waals surface area contributed by atoms with Gasteiger partial charge in [-0.1, -0.05) is 0 Å². The Morgan fingerprint density at radius 2 is 2.33 bits per heavy atom. The van der Waals surface area contributed by atoms with E-state index in [1.54, 1.807) is 28.2 Å². The highest BCUT2D eigenvalue weighted by Crippen LogP contribution is 2.22. The van der Waals surface area contributed by atoms with E-state index in [-0.39, 0.29) is 0 Å². The van der Waals surface area contributed by atoms with Crippen molar-refractivity contribution in [1.82, 2.24) is 9.97 Å². The third kappa shape index (κ3) is 1.38. The van der Waals surface area contributed by atoms with Gasteiger partial charge >= 0.3 is 0 Å². The maximum atomic E-state index is 5.44. The predicted octanol–water partition coefficient (Wildman–Crippen LogP) is 1.73. The summed E-state index contributed by atoms with van der Waals surface area (Å²) in [5, 5.41) is 4.91. The van der Waals surface area contributed by atoms with Crippen molar-refractivity contribution in [2.45, 2.75) is 6.54 Å². The van der Waals surface area contributed by atoms with Crippen LogP contribution in [-0.2, 0) is 6.54 Å². The summed E-state index contributed by atoms with van der Waals surface area (Å²) in [5.74, 6) is 0. The van der Waals surface area contributed by atoms with E-state index in [0.717, 1.165) is 16.4 Å². The minimum Gasteiger partial charge on any atom is -0.325 e. The number of aromatic nitrogens is 2. The van der Waals surface area contributed by atoms with E-state index in [9.17, 15) is 0 Å². The van der Waals surface area contributed by atoms with Crippen molar-refractivity contribution in [3.05, 3.63) is 22.0 Å². The van der Waals surface area contributed by atoms with Crippen LogP contribution in [0.4, 0.5) is 0 Å². The summed E-state index contributed by atoms with van der Waals surface area (Å²) in [7, 11) is 0. The molecular formula is C7H7N3S2. The SMILES string of the molecule is NCc1csc(-c2cscn2)n1. The molecule has 0 saturated heterocycles. The Balaban J connectivity index is 2.35. The van der Waals surface area contributed by atoms with Crippen LogP contribution in [0.2, 0.25) is 0 Å². The highest BCUT2D eigenvalue weighted by molar-refractivity contribution is 7.13. The van der Waals surface area contributed by atoms with Crippen LogP contribution in [0.5, 0.6) is 0 Å². The average Bonchev–Trinajstić information content (AvgIpc) is 2.75. The lowest BCUT2D eigenvalue weighted by Crippen LogP contribution is -1.95. The van der Waals surface area contributed by atoms with E-state index in [2.05, 4.69) is 9.97 Å². The van der Waals surface area contributed by atoms with Gasteiger partial charge in [-0.25, -0.2) is 9.97 Å². The van der Waals surface area contributed by atoms with E-state index in [1.165, 1.54) is 0 Å². The summed E-state index contributed by atoms with van der Waals surface area (Å²) in [5.41, 5.74) is 9.13. The summed E-state index contributed by atoms with van der Waals surface area (Å²) in [4.78, 5) is 8.47. The predicted molar refractivity (Wildman–Crippen MR) is 51.1 cm³/mol. The molecule has 5 heteroatoms. The standard InChI is InChI=1S/C7H7N3S2/c8-1-5-2-12-7(10-5)6-3-11-4-9-6/h2-4H,1,8H2. The fourth-order valence-corrected chi connectivity index (χ4v) is 2.25. The lowest BCUT2D eigenvalue weighted by atomic mass is 10.5. The Morgan fingerprint density at radius 1 is 1.42 bits per heavy atom. The van der Waals surface area contributed by atoms with Crippen LogP contribution in [-0.4, -0.2) is 9.97 Å². The van der Waals surface area contributed by atoms with Gasteiger partial charge in [-0.05, 0) is 0 Å². The van der Waals surface area contributed by atoms with Gasteiger partial charge in [-0.2, -0.15) is 0 Å². The minimum absolute atomic E-state index is 0.501. The number of thiazole rings is 2. The smallest absolute Gasteiger partial charge is 0.143 e. The first-order valence-corrected chi connectivity index (χ1v) is 5.25. The lowest BCUT2D eigenvalue weighted by Gasteiger charge is -1.85. The molecule has 0 fully saturated rings. The van der Waals surface area contributed by atoms with Gasteiger partial charge in [0.25, 0.3) is 0 Å². The van der Waals surface area contributed by atoms with Crippen LogP contribution in [0.15, 0.2) is 16.3 Å². The van der Waals surface area contributed by atoms with E-state index < -0.39 is 0 Å². The van der Waals surface area contributed by atoms with Crippen molar-refractivity contribution in [2.75, 3.05) is 0 Å². The molecule has 2 aromatic rings. The molecule has 0 unspecified atom stereocenters. The van der Waals surface area contributed by atoms with Crippen molar-refractivity contribution >= 4 is 22.7 Å². The average molecular weight is 197 g/mol. The summed E-state index contributed by atoms with van der Waals surface area (Å²) < 4.78 is 0. The molecule has 2 rings (SSSR count). The number of hydrogen-bond acceptors (Lipinski definition) is 5. The van der Waals surface area contributed by atoms with Crippen molar-refractivity contribution in [3.63, 3.8) is 0 Å². The van der Waals surface area contributed by atoms with Crippen LogP contribution in [0.1, 0.15) is 5.69 Å². The van der Waals surface area contributed by atoms with E-state index >= 15 is 0 Å². The number of rotatable bonds is 2. The summed E-state index contributed by atoms with van der Waals surface area (Å²) in [6, 6.07) is 0. The van der Waals surface area contributed by atoms with E-state index in [4.69, 9.17) is 5.73 Å².